The van der Waals surface area contributed by atoms with E-state index in [-0.39, 0.29) is 24.4 Å². The molecule has 2 heterocycles. The molecule has 0 radical (unpaired) electrons. The molecule has 0 spiro atoms. The number of carboxylic acid groups (broad SMARTS) is 1. The van der Waals surface area contributed by atoms with Crippen LogP contribution in [0.2, 0.25) is 0 Å². The highest BCUT2D eigenvalue weighted by molar-refractivity contribution is 9.10. The number of aliphatic carboxylic acids is 1. The molecule has 1 N–H and O–H groups in total. The van der Waals surface area contributed by atoms with Crippen LogP contribution in [-0.4, -0.2) is 45.3 Å². The lowest BCUT2D eigenvalue weighted by Gasteiger charge is -2.36. The van der Waals surface area contributed by atoms with Gasteiger partial charge in [0.1, 0.15) is 5.75 Å². The molecular formula is C26H25BrClN3O4. The van der Waals surface area contributed by atoms with Crippen molar-refractivity contribution in [1.82, 2.24) is 15.0 Å². The largest absolute Gasteiger partial charge is 0.490 e. The van der Waals surface area contributed by atoms with Crippen LogP contribution in [0.4, 0.5) is 0 Å². The van der Waals surface area contributed by atoms with E-state index in [4.69, 9.17) is 14.4 Å². The number of benzene rings is 3. The molecule has 0 amide bonds. The number of carboxylic acids is 1. The lowest BCUT2D eigenvalue weighted by Crippen LogP contribution is -2.49. The summed E-state index contributed by atoms with van der Waals surface area (Å²) in [5.74, 6) is 0.719. The number of likely N-dealkylation sites (tertiary alicyclic amines) is 1. The Morgan fingerprint density at radius 1 is 1.17 bits per heavy atom. The van der Waals surface area contributed by atoms with Gasteiger partial charge < -0.3 is 14.4 Å². The second-order valence-corrected chi connectivity index (χ2v) is 9.64. The number of halogens is 2. The van der Waals surface area contributed by atoms with E-state index in [0.29, 0.717) is 31.3 Å². The van der Waals surface area contributed by atoms with Crippen molar-refractivity contribution in [2.24, 2.45) is 5.92 Å². The Kier molecular flexibility index (Phi) is 7.44. The highest BCUT2D eigenvalue weighted by atomic mass is 79.9. The number of carbonyl (C=O) groups is 1. The summed E-state index contributed by atoms with van der Waals surface area (Å²) >= 11 is 3.56. The minimum Gasteiger partial charge on any atom is -0.490 e. The first kappa shape index (κ1) is 25.2. The van der Waals surface area contributed by atoms with Gasteiger partial charge in [0.15, 0.2) is 0 Å². The van der Waals surface area contributed by atoms with Crippen molar-refractivity contribution in [2.45, 2.75) is 26.5 Å². The Labute approximate surface area is 217 Å². The van der Waals surface area contributed by atoms with E-state index in [2.05, 4.69) is 49.2 Å². The van der Waals surface area contributed by atoms with Gasteiger partial charge in [0.25, 0.3) is 5.89 Å². The molecule has 0 atom stereocenters. The zero-order chi connectivity index (χ0) is 23.8. The molecule has 5 rings (SSSR count). The Bertz CT molecular complexity index is 1370. The number of hydrogen-bond acceptors (Lipinski definition) is 6. The van der Waals surface area contributed by atoms with Gasteiger partial charge in [-0.2, -0.15) is 4.98 Å². The van der Waals surface area contributed by atoms with Gasteiger partial charge in [-0.15, -0.1) is 12.4 Å². The Balaban J connectivity index is 0.00000289. The fraction of sp³-hybridized carbons (Fsp3) is 0.269. The first-order valence-electron chi connectivity index (χ1n) is 11.2. The standard InChI is InChI=1S/C26H24BrN3O4.ClH/c1-15(2)33-23-10-8-16(11-22(23)27)25-28-24(29-34-25)21-9-7-17(19-5-3-4-6-20(19)21)12-30-13-18(14-30)26(31)32;/h3-11,15,18H,12-14H2,1-2H3,(H,31,32);1H. The smallest absolute Gasteiger partial charge is 0.309 e. The van der Waals surface area contributed by atoms with Crippen LogP contribution in [0.1, 0.15) is 19.4 Å². The SMILES string of the molecule is CC(C)Oc1ccc(-c2nc(-c3ccc(CN4CC(C(=O)O)C4)c4ccccc34)no2)cc1Br.Cl. The third-order valence-corrected chi connectivity index (χ3v) is 6.54. The van der Waals surface area contributed by atoms with Gasteiger partial charge >= 0.3 is 5.97 Å². The fourth-order valence-corrected chi connectivity index (χ4v) is 4.70. The van der Waals surface area contributed by atoms with Crippen molar-refractivity contribution < 1.29 is 19.2 Å². The number of rotatable bonds is 7. The molecule has 3 aromatic carbocycles. The van der Waals surface area contributed by atoms with Crippen LogP contribution in [-0.2, 0) is 11.3 Å². The first-order valence-corrected chi connectivity index (χ1v) is 11.9. The summed E-state index contributed by atoms with van der Waals surface area (Å²) in [5, 5.41) is 15.5. The van der Waals surface area contributed by atoms with Crippen LogP contribution in [0.3, 0.4) is 0 Å². The molecular weight excluding hydrogens is 534 g/mol. The topological polar surface area (TPSA) is 88.7 Å². The number of aromatic nitrogens is 2. The van der Waals surface area contributed by atoms with Crippen molar-refractivity contribution in [3.05, 3.63) is 64.6 Å². The van der Waals surface area contributed by atoms with Crippen molar-refractivity contribution in [3.63, 3.8) is 0 Å². The minimum atomic E-state index is -0.724. The molecule has 1 saturated heterocycles. The summed E-state index contributed by atoms with van der Waals surface area (Å²) in [6.45, 7) is 5.83. The molecule has 1 aliphatic heterocycles. The van der Waals surface area contributed by atoms with Gasteiger partial charge in [-0.25, -0.2) is 0 Å². The number of nitrogens with zero attached hydrogens (tertiary/aromatic N) is 3. The first-order chi connectivity index (χ1) is 16.4. The van der Waals surface area contributed by atoms with Crippen LogP contribution < -0.4 is 4.74 Å². The van der Waals surface area contributed by atoms with E-state index >= 15 is 0 Å². The summed E-state index contributed by atoms with van der Waals surface area (Å²) in [6, 6.07) is 17.9. The van der Waals surface area contributed by atoms with E-state index in [0.717, 1.165) is 37.7 Å². The van der Waals surface area contributed by atoms with Crippen molar-refractivity contribution in [3.8, 4) is 28.6 Å². The summed E-state index contributed by atoms with van der Waals surface area (Å²) in [5.41, 5.74) is 2.84. The molecule has 182 valence electrons. The molecule has 35 heavy (non-hydrogen) atoms. The van der Waals surface area contributed by atoms with Gasteiger partial charge in [0, 0.05) is 30.8 Å². The number of fused-ring (bicyclic) bond motifs is 1. The van der Waals surface area contributed by atoms with E-state index in [1.807, 2.05) is 50.2 Å². The quantitative estimate of drug-likeness (QED) is 0.296. The van der Waals surface area contributed by atoms with E-state index in [9.17, 15) is 4.79 Å². The molecule has 7 nitrogen and oxygen atoms in total. The molecule has 9 heteroatoms. The predicted octanol–water partition coefficient (Wildman–Crippen LogP) is 6.04. The Morgan fingerprint density at radius 3 is 2.60 bits per heavy atom. The number of hydrogen-bond donors (Lipinski definition) is 1. The number of ether oxygens (including phenoxy) is 1. The normalized spacial score (nSPS) is 14.1. The van der Waals surface area contributed by atoms with Gasteiger partial charge in [0.2, 0.25) is 5.82 Å². The van der Waals surface area contributed by atoms with Gasteiger partial charge in [0.05, 0.1) is 16.5 Å². The minimum absolute atomic E-state index is 0. The average molecular weight is 559 g/mol. The fourth-order valence-electron chi connectivity index (χ4n) is 4.22. The maximum atomic E-state index is 11.1. The Morgan fingerprint density at radius 2 is 1.91 bits per heavy atom. The molecule has 0 bridgehead atoms. The molecule has 0 unspecified atom stereocenters. The van der Waals surface area contributed by atoms with E-state index < -0.39 is 5.97 Å². The van der Waals surface area contributed by atoms with E-state index in [1.165, 1.54) is 0 Å². The maximum absolute atomic E-state index is 11.1. The molecule has 4 aromatic rings. The summed E-state index contributed by atoms with van der Waals surface area (Å²) < 4.78 is 12.2. The zero-order valence-corrected chi connectivity index (χ0v) is 21.7. The van der Waals surface area contributed by atoms with Gasteiger partial charge in [-0.05, 0) is 64.3 Å². The van der Waals surface area contributed by atoms with Gasteiger partial charge in [-0.1, -0.05) is 41.6 Å². The van der Waals surface area contributed by atoms with Crippen LogP contribution in [0.25, 0.3) is 33.6 Å². The molecule has 1 aliphatic rings. The highest BCUT2D eigenvalue weighted by Crippen LogP contribution is 2.34. The summed E-state index contributed by atoms with van der Waals surface area (Å²) in [4.78, 5) is 17.9. The molecule has 1 fully saturated rings. The second-order valence-electron chi connectivity index (χ2n) is 8.78. The predicted molar refractivity (Wildman–Crippen MR) is 140 cm³/mol. The summed E-state index contributed by atoms with van der Waals surface area (Å²) in [7, 11) is 0. The van der Waals surface area contributed by atoms with Crippen molar-refractivity contribution in [1.29, 1.82) is 0 Å². The molecule has 0 aliphatic carbocycles. The maximum Gasteiger partial charge on any atom is 0.309 e. The van der Waals surface area contributed by atoms with Crippen LogP contribution in [0, 0.1) is 5.92 Å². The van der Waals surface area contributed by atoms with Crippen molar-refractivity contribution >= 4 is 45.1 Å². The van der Waals surface area contributed by atoms with E-state index in [1.54, 1.807) is 0 Å². The third-order valence-electron chi connectivity index (χ3n) is 5.92. The van der Waals surface area contributed by atoms with Gasteiger partial charge in [-0.3, -0.25) is 9.69 Å². The molecule has 0 saturated carbocycles. The lowest BCUT2D eigenvalue weighted by molar-refractivity contribution is -0.147. The van der Waals surface area contributed by atoms with Crippen LogP contribution >= 0.6 is 28.3 Å². The average Bonchev–Trinajstić information content (AvgIpc) is 3.26. The monoisotopic (exact) mass is 557 g/mol. The third kappa shape index (κ3) is 5.19. The highest BCUT2D eigenvalue weighted by Gasteiger charge is 2.32. The second kappa shape index (κ2) is 10.4. The van der Waals surface area contributed by atoms with Crippen LogP contribution in [0.15, 0.2) is 63.6 Å². The zero-order valence-electron chi connectivity index (χ0n) is 19.3. The van der Waals surface area contributed by atoms with Crippen LogP contribution in [0.5, 0.6) is 5.75 Å². The lowest BCUT2D eigenvalue weighted by atomic mass is 9.95. The summed E-state index contributed by atoms with van der Waals surface area (Å²) in [6.07, 6.45) is 0.0769. The molecule has 1 aromatic heterocycles. The van der Waals surface area contributed by atoms with Crippen molar-refractivity contribution in [2.75, 3.05) is 13.1 Å². The Hall–Kier alpha value is -2.94.